The highest BCUT2D eigenvalue weighted by atomic mass is 32.1. The summed E-state index contributed by atoms with van der Waals surface area (Å²) in [5.41, 5.74) is 8.50. The van der Waals surface area contributed by atoms with Crippen molar-refractivity contribution in [2.24, 2.45) is 0 Å². The van der Waals surface area contributed by atoms with Crippen LogP contribution in [0.15, 0.2) is 18.2 Å². The number of anilines is 2. The van der Waals surface area contributed by atoms with Crippen molar-refractivity contribution in [1.82, 2.24) is 10.2 Å². The lowest BCUT2D eigenvalue weighted by atomic mass is 10.1. The molecule has 0 radical (unpaired) electrons. The van der Waals surface area contributed by atoms with Gasteiger partial charge in [-0.2, -0.15) is 0 Å². The second kappa shape index (κ2) is 6.44. The van der Waals surface area contributed by atoms with Crippen LogP contribution in [-0.2, 0) is 9.53 Å². The molecule has 0 unspecified atom stereocenters. The molecular formula is C13H16N4O2S. The Labute approximate surface area is 121 Å². The van der Waals surface area contributed by atoms with E-state index in [4.69, 9.17) is 10.5 Å². The highest BCUT2D eigenvalue weighted by molar-refractivity contribution is 7.18. The van der Waals surface area contributed by atoms with Gasteiger partial charge in [-0.3, -0.25) is 4.79 Å². The number of ether oxygens (including phenoxy) is 1. The molecule has 0 saturated heterocycles. The summed E-state index contributed by atoms with van der Waals surface area (Å²) in [4.78, 5) is 11.5. The zero-order valence-corrected chi connectivity index (χ0v) is 12.2. The zero-order chi connectivity index (χ0) is 14.5. The molecule has 20 heavy (non-hydrogen) atoms. The van der Waals surface area contributed by atoms with Crippen molar-refractivity contribution in [3.05, 3.63) is 23.8 Å². The molecule has 0 aliphatic carbocycles. The standard InChI is InChI=1S/C13H16N4O2S/c1-8-3-4-9(7-10(8)14)12-16-17-13(20-12)15-11(18)5-6-19-2/h3-4,7H,5-6,14H2,1-2H3,(H,15,17,18). The van der Waals surface area contributed by atoms with Crippen molar-refractivity contribution in [3.8, 4) is 10.6 Å². The number of rotatable bonds is 5. The van der Waals surface area contributed by atoms with Crippen LogP contribution in [0.4, 0.5) is 10.8 Å². The first kappa shape index (κ1) is 14.4. The number of nitrogens with one attached hydrogen (secondary N) is 1. The van der Waals surface area contributed by atoms with Crippen LogP contribution in [0.1, 0.15) is 12.0 Å². The van der Waals surface area contributed by atoms with Crippen LogP contribution in [0.2, 0.25) is 0 Å². The number of hydrogen-bond donors (Lipinski definition) is 2. The molecule has 7 heteroatoms. The number of methoxy groups -OCH3 is 1. The van der Waals surface area contributed by atoms with Crippen LogP contribution in [-0.4, -0.2) is 29.8 Å². The highest BCUT2D eigenvalue weighted by Gasteiger charge is 2.10. The Morgan fingerprint density at radius 2 is 2.25 bits per heavy atom. The fourth-order valence-electron chi connectivity index (χ4n) is 1.54. The van der Waals surface area contributed by atoms with Gasteiger partial charge < -0.3 is 15.8 Å². The van der Waals surface area contributed by atoms with E-state index in [0.717, 1.165) is 16.1 Å². The maximum absolute atomic E-state index is 11.5. The Morgan fingerprint density at radius 3 is 2.95 bits per heavy atom. The normalized spacial score (nSPS) is 10.5. The van der Waals surface area contributed by atoms with Gasteiger partial charge in [0.25, 0.3) is 0 Å². The maximum Gasteiger partial charge on any atom is 0.228 e. The van der Waals surface area contributed by atoms with Crippen molar-refractivity contribution in [1.29, 1.82) is 0 Å². The monoisotopic (exact) mass is 292 g/mol. The minimum atomic E-state index is -0.141. The van der Waals surface area contributed by atoms with Gasteiger partial charge in [0.05, 0.1) is 13.0 Å². The third-order valence-corrected chi connectivity index (χ3v) is 3.62. The minimum absolute atomic E-state index is 0.141. The number of hydrogen-bond acceptors (Lipinski definition) is 6. The number of aromatic nitrogens is 2. The summed E-state index contributed by atoms with van der Waals surface area (Å²) in [6.45, 7) is 2.33. The maximum atomic E-state index is 11.5. The molecule has 0 bridgehead atoms. The van der Waals surface area contributed by atoms with E-state index in [-0.39, 0.29) is 5.91 Å². The van der Waals surface area contributed by atoms with Crippen LogP contribution >= 0.6 is 11.3 Å². The van der Waals surface area contributed by atoms with Crippen molar-refractivity contribution in [2.75, 3.05) is 24.8 Å². The Kier molecular flexibility index (Phi) is 4.65. The van der Waals surface area contributed by atoms with Crippen LogP contribution in [0.5, 0.6) is 0 Å². The van der Waals surface area contributed by atoms with Crippen LogP contribution in [0, 0.1) is 6.92 Å². The summed E-state index contributed by atoms with van der Waals surface area (Å²) in [5, 5.41) is 11.9. The van der Waals surface area contributed by atoms with E-state index in [1.165, 1.54) is 11.3 Å². The Morgan fingerprint density at radius 1 is 1.45 bits per heavy atom. The van der Waals surface area contributed by atoms with Crippen LogP contribution in [0.25, 0.3) is 10.6 Å². The topological polar surface area (TPSA) is 90.1 Å². The number of aryl methyl sites for hydroxylation is 1. The van der Waals surface area contributed by atoms with Crippen LogP contribution < -0.4 is 11.1 Å². The average Bonchev–Trinajstić information content (AvgIpc) is 2.88. The summed E-state index contributed by atoms with van der Waals surface area (Å²) in [6.07, 6.45) is 0.295. The Hall–Kier alpha value is -1.99. The molecular weight excluding hydrogens is 276 g/mol. The number of nitrogens with two attached hydrogens (primary N) is 1. The van der Waals surface area contributed by atoms with Crippen molar-refractivity contribution < 1.29 is 9.53 Å². The van der Waals surface area contributed by atoms with E-state index in [1.807, 2.05) is 25.1 Å². The smallest absolute Gasteiger partial charge is 0.228 e. The summed E-state index contributed by atoms with van der Waals surface area (Å²) < 4.78 is 4.84. The second-order valence-corrected chi connectivity index (χ2v) is 5.25. The number of nitrogens with zero attached hydrogens (tertiary/aromatic N) is 2. The molecule has 1 heterocycles. The fraction of sp³-hybridized carbons (Fsp3) is 0.308. The quantitative estimate of drug-likeness (QED) is 0.823. The van der Waals surface area contributed by atoms with Gasteiger partial charge in [-0.05, 0) is 18.6 Å². The Bertz CT molecular complexity index is 612. The predicted octanol–water partition coefficient (Wildman–Crippen LogP) is 2.07. The van der Waals surface area contributed by atoms with E-state index in [0.29, 0.717) is 23.8 Å². The molecule has 6 nitrogen and oxygen atoms in total. The van der Waals surface area contributed by atoms with Gasteiger partial charge in [-0.15, -0.1) is 10.2 Å². The van der Waals surface area contributed by atoms with Gasteiger partial charge in [0.2, 0.25) is 11.0 Å². The first-order valence-electron chi connectivity index (χ1n) is 6.09. The van der Waals surface area contributed by atoms with Crippen molar-refractivity contribution in [2.45, 2.75) is 13.3 Å². The molecule has 0 aliphatic rings. The average molecular weight is 292 g/mol. The molecule has 1 aromatic carbocycles. The van der Waals surface area contributed by atoms with E-state index < -0.39 is 0 Å². The lowest BCUT2D eigenvalue weighted by Gasteiger charge is -2.01. The van der Waals surface area contributed by atoms with Crippen LogP contribution in [0.3, 0.4) is 0 Å². The second-order valence-electron chi connectivity index (χ2n) is 4.27. The molecule has 0 fully saturated rings. The summed E-state index contributed by atoms with van der Waals surface area (Å²) in [5.74, 6) is -0.141. The fourth-order valence-corrected chi connectivity index (χ4v) is 2.30. The first-order chi connectivity index (χ1) is 9.60. The number of nitrogen functional groups attached to an aromatic ring is 1. The van der Waals surface area contributed by atoms with Crippen molar-refractivity contribution in [3.63, 3.8) is 0 Å². The SMILES string of the molecule is COCCC(=O)Nc1nnc(-c2ccc(C)c(N)c2)s1. The number of carbonyl (C=O) groups is 1. The van der Waals surface area contributed by atoms with Gasteiger partial charge in [-0.1, -0.05) is 23.5 Å². The molecule has 0 atom stereocenters. The van der Waals surface area contributed by atoms with Gasteiger partial charge >= 0.3 is 0 Å². The number of benzene rings is 1. The summed E-state index contributed by atoms with van der Waals surface area (Å²) >= 11 is 1.31. The minimum Gasteiger partial charge on any atom is -0.398 e. The molecule has 3 N–H and O–H groups in total. The molecule has 0 spiro atoms. The van der Waals surface area contributed by atoms with E-state index >= 15 is 0 Å². The van der Waals surface area contributed by atoms with Crippen molar-refractivity contribution >= 4 is 28.1 Å². The van der Waals surface area contributed by atoms with E-state index in [1.54, 1.807) is 7.11 Å². The number of amides is 1. The third-order valence-electron chi connectivity index (χ3n) is 2.73. The highest BCUT2D eigenvalue weighted by Crippen LogP contribution is 2.28. The van der Waals surface area contributed by atoms with Gasteiger partial charge in [0, 0.05) is 18.4 Å². The van der Waals surface area contributed by atoms with E-state index in [9.17, 15) is 4.79 Å². The molecule has 106 valence electrons. The molecule has 0 saturated carbocycles. The summed E-state index contributed by atoms with van der Waals surface area (Å²) in [6, 6.07) is 5.72. The molecule has 0 aliphatic heterocycles. The van der Waals surface area contributed by atoms with Gasteiger partial charge in [0.1, 0.15) is 5.01 Å². The lowest BCUT2D eigenvalue weighted by molar-refractivity contribution is -0.117. The van der Waals surface area contributed by atoms with E-state index in [2.05, 4.69) is 15.5 Å². The summed E-state index contributed by atoms with van der Waals surface area (Å²) in [7, 11) is 1.55. The molecule has 2 rings (SSSR count). The third kappa shape index (κ3) is 3.52. The molecule has 1 aromatic heterocycles. The predicted molar refractivity (Wildman–Crippen MR) is 79.6 cm³/mol. The van der Waals surface area contributed by atoms with Gasteiger partial charge in [-0.25, -0.2) is 0 Å². The zero-order valence-electron chi connectivity index (χ0n) is 11.3. The number of carbonyl (C=O) groups excluding carboxylic acids is 1. The Balaban J connectivity index is 2.08. The molecule has 1 amide bonds. The molecule has 2 aromatic rings. The first-order valence-corrected chi connectivity index (χ1v) is 6.90. The largest absolute Gasteiger partial charge is 0.398 e. The lowest BCUT2D eigenvalue weighted by Crippen LogP contribution is -2.13. The van der Waals surface area contributed by atoms with Gasteiger partial charge in [0.15, 0.2) is 0 Å².